The number of hydrogen-bond acceptors (Lipinski definition) is 6. The summed E-state index contributed by atoms with van der Waals surface area (Å²) in [5.74, 6) is 1.00. The number of likely N-dealkylation sites (N-methyl/N-ethyl adjacent to an activating group) is 1. The van der Waals surface area contributed by atoms with Crippen molar-refractivity contribution in [2.45, 2.75) is 31.8 Å². The average molecular weight is 341 g/mol. The van der Waals surface area contributed by atoms with Crippen LogP contribution in [0.2, 0.25) is 0 Å². The van der Waals surface area contributed by atoms with Gasteiger partial charge in [0.05, 0.1) is 17.5 Å². The number of carbonyl (C=O) groups excluding carboxylic acids is 1. The molecule has 2 aromatic heterocycles. The Hall–Kier alpha value is -2.41. The van der Waals surface area contributed by atoms with Gasteiger partial charge in [0.2, 0.25) is 0 Å². The zero-order valence-electron chi connectivity index (χ0n) is 14.4. The van der Waals surface area contributed by atoms with Crippen molar-refractivity contribution >= 4 is 11.7 Å². The summed E-state index contributed by atoms with van der Waals surface area (Å²) >= 11 is 0. The monoisotopic (exact) mass is 341 g/mol. The average Bonchev–Trinajstić information content (AvgIpc) is 3.17. The number of anilines is 1. The van der Waals surface area contributed by atoms with Crippen molar-refractivity contribution in [3.8, 4) is 0 Å². The van der Waals surface area contributed by atoms with E-state index in [4.69, 9.17) is 4.42 Å². The number of nitrogens with one attached hydrogen (secondary N) is 1. The first kappa shape index (κ1) is 16.1. The number of rotatable bonds is 3. The second kappa shape index (κ2) is 6.84. The van der Waals surface area contributed by atoms with Gasteiger partial charge in [-0.1, -0.05) is 0 Å². The number of carbonyl (C=O) groups is 1. The summed E-state index contributed by atoms with van der Waals surface area (Å²) in [6.07, 6.45) is 7.50. The minimum absolute atomic E-state index is 0.0618. The maximum absolute atomic E-state index is 12.1. The van der Waals surface area contributed by atoms with E-state index in [-0.39, 0.29) is 11.9 Å². The van der Waals surface area contributed by atoms with Gasteiger partial charge < -0.3 is 19.5 Å². The highest BCUT2D eigenvalue weighted by atomic mass is 16.3. The quantitative estimate of drug-likeness (QED) is 0.911. The van der Waals surface area contributed by atoms with Crippen LogP contribution in [0.25, 0.3) is 0 Å². The highest BCUT2D eigenvalue weighted by Gasteiger charge is 2.26. The Morgan fingerprint density at radius 3 is 2.88 bits per heavy atom. The van der Waals surface area contributed by atoms with Gasteiger partial charge in [0.1, 0.15) is 18.4 Å². The molecular weight excluding hydrogens is 318 g/mol. The third-order valence-electron chi connectivity index (χ3n) is 5.08. The van der Waals surface area contributed by atoms with Gasteiger partial charge in [0, 0.05) is 44.2 Å². The molecule has 1 amide bonds. The maximum atomic E-state index is 12.1. The van der Waals surface area contributed by atoms with E-state index in [9.17, 15) is 4.79 Å². The van der Waals surface area contributed by atoms with Crippen molar-refractivity contribution in [3.05, 3.63) is 41.7 Å². The fraction of sp³-hybridized carbons (Fsp3) is 0.500. The fourth-order valence-electron chi connectivity index (χ4n) is 3.63. The molecule has 2 aliphatic heterocycles. The van der Waals surface area contributed by atoms with Gasteiger partial charge in [-0.15, -0.1) is 0 Å². The molecule has 0 atom stereocenters. The Morgan fingerprint density at radius 1 is 1.28 bits per heavy atom. The van der Waals surface area contributed by atoms with Crippen molar-refractivity contribution in [1.29, 1.82) is 0 Å². The minimum Gasteiger partial charge on any atom is -0.472 e. The highest BCUT2D eigenvalue weighted by Crippen LogP contribution is 2.27. The molecule has 1 N–H and O–H groups in total. The van der Waals surface area contributed by atoms with Crippen LogP contribution in [-0.4, -0.2) is 53.5 Å². The summed E-state index contributed by atoms with van der Waals surface area (Å²) in [6.45, 7) is 3.74. The summed E-state index contributed by atoms with van der Waals surface area (Å²) in [5.41, 5.74) is 3.02. The molecule has 0 bridgehead atoms. The lowest BCUT2D eigenvalue weighted by molar-refractivity contribution is 0.0930. The first-order valence-corrected chi connectivity index (χ1v) is 8.80. The number of furan rings is 1. The van der Waals surface area contributed by atoms with Crippen LogP contribution in [0.3, 0.4) is 0 Å². The van der Waals surface area contributed by atoms with Crippen molar-refractivity contribution in [2.75, 3.05) is 31.6 Å². The summed E-state index contributed by atoms with van der Waals surface area (Å²) < 4.78 is 4.97. The van der Waals surface area contributed by atoms with Gasteiger partial charge in [0.25, 0.3) is 5.91 Å². The Bertz CT molecular complexity index is 738. The molecular formula is C18H23N5O2. The Kier molecular flexibility index (Phi) is 4.40. The lowest BCUT2D eigenvalue weighted by Gasteiger charge is -2.35. The van der Waals surface area contributed by atoms with Gasteiger partial charge in [-0.3, -0.25) is 4.79 Å². The van der Waals surface area contributed by atoms with E-state index >= 15 is 0 Å². The SMILES string of the molecule is CN1CCc2ncnc(N3CCC(NC(=O)c4ccoc4)CC3)c2C1. The first-order chi connectivity index (χ1) is 12.2. The Balaban J connectivity index is 1.40. The van der Waals surface area contributed by atoms with Gasteiger partial charge in [-0.2, -0.15) is 0 Å². The van der Waals surface area contributed by atoms with Crippen molar-refractivity contribution in [2.24, 2.45) is 0 Å². The van der Waals surface area contributed by atoms with Crippen LogP contribution >= 0.6 is 0 Å². The van der Waals surface area contributed by atoms with Gasteiger partial charge in [0.15, 0.2) is 0 Å². The van der Waals surface area contributed by atoms with Crippen LogP contribution in [0, 0.1) is 0 Å². The molecule has 4 heterocycles. The lowest BCUT2D eigenvalue weighted by atomic mass is 10.0. The van der Waals surface area contributed by atoms with Crippen molar-refractivity contribution in [1.82, 2.24) is 20.2 Å². The standard InChI is InChI=1S/C18H23N5O2/c1-22-6-4-16-15(10-22)17(20-12-19-16)23-7-2-14(3-8-23)21-18(24)13-5-9-25-11-13/h5,9,11-12,14H,2-4,6-8,10H2,1H3,(H,21,24). The van der Waals surface area contributed by atoms with Crippen LogP contribution in [0.4, 0.5) is 5.82 Å². The molecule has 2 aromatic rings. The summed E-state index contributed by atoms with van der Waals surface area (Å²) in [7, 11) is 2.14. The molecule has 0 aliphatic carbocycles. The van der Waals surface area contributed by atoms with E-state index in [1.165, 1.54) is 23.8 Å². The molecule has 7 nitrogen and oxygen atoms in total. The molecule has 4 rings (SSSR count). The van der Waals surface area contributed by atoms with Crippen LogP contribution < -0.4 is 10.2 Å². The smallest absolute Gasteiger partial charge is 0.254 e. The van der Waals surface area contributed by atoms with Crippen LogP contribution in [0.1, 0.15) is 34.5 Å². The van der Waals surface area contributed by atoms with Gasteiger partial charge in [-0.05, 0) is 26.0 Å². The molecule has 1 saturated heterocycles. The van der Waals surface area contributed by atoms with Crippen molar-refractivity contribution < 1.29 is 9.21 Å². The van der Waals surface area contributed by atoms with Crippen LogP contribution in [0.15, 0.2) is 29.3 Å². The molecule has 7 heteroatoms. The Labute approximate surface area is 147 Å². The molecule has 0 spiro atoms. The molecule has 1 fully saturated rings. The lowest BCUT2D eigenvalue weighted by Crippen LogP contribution is -2.45. The predicted molar refractivity (Wildman–Crippen MR) is 93.5 cm³/mol. The zero-order chi connectivity index (χ0) is 17.2. The third kappa shape index (κ3) is 3.37. The molecule has 0 aromatic carbocycles. The largest absolute Gasteiger partial charge is 0.472 e. The number of fused-ring (bicyclic) bond motifs is 1. The molecule has 0 saturated carbocycles. The second-order valence-corrected chi connectivity index (χ2v) is 6.86. The highest BCUT2D eigenvalue weighted by molar-refractivity contribution is 5.93. The summed E-state index contributed by atoms with van der Waals surface area (Å²) in [4.78, 5) is 25.8. The summed E-state index contributed by atoms with van der Waals surface area (Å²) in [6, 6.07) is 1.88. The first-order valence-electron chi connectivity index (χ1n) is 8.80. The fourth-order valence-corrected chi connectivity index (χ4v) is 3.63. The Morgan fingerprint density at radius 2 is 2.12 bits per heavy atom. The number of aromatic nitrogens is 2. The van der Waals surface area contributed by atoms with E-state index in [2.05, 4.69) is 32.1 Å². The van der Waals surface area contributed by atoms with Crippen LogP contribution in [-0.2, 0) is 13.0 Å². The van der Waals surface area contributed by atoms with Gasteiger partial charge >= 0.3 is 0 Å². The minimum atomic E-state index is -0.0618. The van der Waals surface area contributed by atoms with E-state index in [0.717, 1.165) is 51.3 Å². The number of amides is 1. The normalized spacial score (nSPS) is 18.8. The molecule has 0 unspecified atom stereocenters. The second-order valence-electron chi connectivity index (χ2n) is 6.86. The number of hydrogen-bond donors (Lipinski definition) is 1. The maximum Gasteiger partial charge on any atom is 0.254 e. The molecule has 0 radical (unpaired) electrons. The summed E-state index contributed by atoms with van der Waals surface area (Å²) in [5, 5.41) is 3.10. The van der Waals surface area contributed by atoms with Crippen LogP contribution in [0.5, 0.6) is 0 Å². The molecule has 132 valence electrons. The van der Waals surface area contributed by atoms with E-state index in [1.807, 2.05) is 0 Å². The van der Waals surface area contributed by atoms with E-state index in [0.29, 0.717) is 5.56 Å². The van der Waals surface area contributed by atoms with E-state index < -0.39 is 0 Å². The topological polar surface area (TPSA) is 74.5 Å². The zero-order valence-corrected chi connectivity index (χ0v) is 14.4. The molecule has 2 aliphatic rings. The van der Waals surface area contributed by atoms with E-state index in [1.54, 1.807) is 12.4 Å². The predicted octanol–water partition coefficient (Wildman–Crippen LogP) is 1.46. The third-order valence-corrected chi connectivity index (χ3v) is 5.08. The van der Waals surface area contributed by atoms with Gasteiger partial charge in [-0.25, -0.2) is 9.97 Å². The van der Waals surface area contributed by atoms with Crippen molar-refractivity contribution in [3.63, 3.8) is 0 Å². The molecule has 25 heavy (non-hydrogen) atoms. The number of nitrogens with zero attached hydrogens (tertiary/aromatic N) is 4. The number of piperidine rings is 1.